The van der Waals surface area contributed by atoms with Crippen molar-refractivity contribution in [3.8, 4) is 0 Å². The van der Waals surface area contributed by atoms with Crippen LogP contribution in [0.5, 0.6) is 0 Å². The van der Waals surface area contributed by atoms with Crippen LogP contribution in [0.4, 0.5) is 0 Å². The van der Waals surface area contributed by atoms with Crippen LogP contribution in [0.15, 0.2) is 35.9 Å². The van der Waals surface area contributed by atoms with Crippen molar-refractivity contribution >= 4 is 22.9 Å². The Morgan fingerprint density at radius 3 is 2.50 bits per heavy atom. The van der Waals surface area contributed by atoms with Crippen LogP contribution >= 0.6 is 11.6 Å². The maximum atomic E-state index is 10.8. The monoisotopic (exact) mass is 208 g/mol. The Morgan fingerprint density at radius 1 is 1.36 bits per heavy atom. The van der Waals surface area contributed by atoms with Crippen molar-refractivity contribution in [3.05, 3.63) is 41.5 Å². The van der Waals surface area contributed by atoms with E-state index in [9.17, 15) is 4.79 Å². The average Bonchev–Trinajstić information content (AvgIpc) is 2.26. The van der Waals surface area contributed by atoms with E-state index in [2.05, 4.69) is 0 Å². The molecule has 14 heavy (non-hydrogen) atoms. The lowest BCUT2D eigenvalue weighted by Crippen LogP contribution is -1.88. The normalized spacial score (nSPS) is 12.1. The highest BCUT2D eigenvalue weighted by atomic mass is 35.5. The number of carbonyl (C=O) groups excluding carboxylic acids is 1. The molecular formula is C12H13ClO. The first kappa shape index (κ1) is 11.0. The fourth-order valence-electron chi connectivity index (χ4n) is 1.26. The molecule has 0 spiro atoms. The van der Waals surface area contributed by atoms with Gasteiger partial charge in [0.2, 0.25) is 0 Å². The number of halogens is 1. The summed E-state index contributed by atoms with van der Waals surface area (Å²) in [6, 6.07) is 9.55. The molecule has 0 bridgehead atoms. The van der Waals surface area contributed by atoms with Gasteiger partial charge in [-0.3, -0.25) is 4.79 Å². The van der Waals surface area contributed by atoms with Gasteiger partial charge in [-0.15, -0.1) is 0 Å². The highest BCUT2D eigenvalue weighted by Crippen LogP contribution is 2.24. The van der Waals surface area contributed by atoms with Gasteiger partial charge in [-0.25, -0.2) is 0 Å². The first-order valence-electron chi connectivity index (χ1n) is 4.68. The van der Waals surface area contributed by atoms with E-state index >= 15 is 0 Å². The average molecular weight is 209 g/mol. The molecule has 2 heteroatoms. The van der Waals surface area contributed by atoms with Gasteiger partial charge in [0, 0.05) is 5.57 Å². The van der Waals surface area contributed by atoms with Crippen molar-refractivity contribution < 1.29 is 4.79 Å². The molecule has 0 amide bonds. The number of carbonyl (C=O) groups is 1. The van der Waals surface area contributed by atoms with Gasteiger partial charge in [0.15, 0.2) is 0 Å². The zero-order valence-corrected chi connectivity index (χ0v) is 8.92. The molecule has 0 aromatic heterocycles. The molecule has 0 saturated carbocycles. The molecule has 1 aromatic carbocycles. The molecule has 0 radical (unpaired) electrons. The van der Waals surface area contributed by atoms with Crippen LogP contribution in [0.3, 0.4) is 0 Å². The summed E-state index contributed by atoms with van der Waals surface area (Å²) < 4.78 is 0. The van der Waals surface area contributed by atoms with E-state index in [1.165, 1.54) is 0 Å². The molecular weight excluding hydrogens is 196 g/mol. The van der Waals surface area contributed by atoms with Gasteiger partial charge in [-0.05, 0) is 12.0 Å². The SMILES string of the molecule is CCCC(C=O)=C(Cl)c1ccccc1. The number of aldehydes is 1. The summed E-state index contributed by atoms with van der Waals surface area (Å²) in [6.07, 6.45) is 2.51. The van der Waals surface area contributed by atoms with Gasteiger partial charge < -0.3 is 0 Å². The van der Waals surface area contributed by atoms with E-state index in [1.807, 2.05) is 37.3 Å². The second kappa shape index (κ2) is 5.61. The largest absolute Gasteiger partial charge is 0.298 e. The van der Waals surface area contributed by atoms with Gasteiger partial charge in [0.1, 0.15) is 6.29 Å². The molecule has 0 heterocycles. The van der Waals surface area contributed by atoms with Gasteiger partial charge >= 0.3 is 0 Å². The van der Waals surface area contributed by atoms with Crippen LogP contribution in [0, 0.1) is 0 Å². The zero-order valence-electron chi connectivity index (χ0n) is 8.16. The topological polar surface area (TPSA) is 17.1 Å². The summed E-state index contributed by atoms with van der Waals surface area (Å²) in [7, 11) is 0. The van der Waals surface area contributed by atoms with Gasteiger partial charge in [0.25, 0.3) is 0 Å². The summed E-state index contributed by atoms with van der Waals surface area (Å²) in [5, 5.41) is 0.572. The first-order valence-corrected chi connectivity index (χ1v) is 5.06. The molecule has 0 N–H and O–H groups in total. The molecule has 1 rings (SSSR count). The Kier molecular flexibility index (Phi) is 4.41. The Morgan fingerprint density at radius 2 is 2.00 bits per heavy atom. The van der Waals surface area contributed by atoms with Crippen molar-refractivity contribution in [1.82, 2.24) is 0 Å². The van der Waals surface area contributed by atoms with E-state index in [0.717, 1.165) is 24.7 Å². The molecule has 0 aliphatic carbocycles. The molecule has 0 aliphatic rings. The second-order valence-electron chi connectivity index (χ2n) is 3.07. The number of rotatable bonds is 4. The van der Waals surface area contributed by atoms with E-state index in [0.29, 0.717) is 10.6 Å². The van der Waals surface area contributed by atoms with Gasteiger partial charge in [-0.1, -0.05) is 55.3 Å². The molecule has 1 nitrogen and oxygen atoms in total. The third-order valence-electron chi connectivity index (χ3n) is 1.97. The highest BCUT2D eigenvalue weighted by molar-refractivity contribution is 6.50. The highest BCUT2D eigenvalue weighted by Gasteiger charge is 2.04. The van der Waals surface area contributed by atoms with Crippen molar-refractivity contribution in [3.63, 3.8) is 0 Å². The van der Waals surface area contributed by atoms with Crippen LogP contribution in [-0.2, 0) is 4.79 Å². The molecule has 0 aliphatic heterocycles. The van der Waals surface area contributed by atoms with E-state index < -0.39 is 0 Å². The first-order chi connectivity index (χ1) is 6.79. The summed E-state index contributed by atoms with van der Waals surface area (Å²) in [5.41, 5.74) is 1.59. The van der Waals surface area contributed by atoms with Crippen LogP contribution < -0.4 is 0 Å². The number of hydrogen-bond acceptors (Lipinski definition) is 1. The minimum absolute atomic E-state index is 0.572. The van der Waals surface area contributed by atoms with Crippen molar-refractivity contribution in [1.29, 1.82) is 0 Å². The van der Waals surface area contributed by atoms with Crippen LogP contribution in [0.1, 0.15) is 25.3 Å². The number of hydrogen-bond donors (Lipinski definition) is 0. The maximum Gasteiger partial charge on any atom is 0.147 e. The zero-order chi connectivity index (χ0) is 10.4. The Labute approximate surface area is 89.4 Å². The summed E-state index contributed by atoms with van der Waals surface area (Å²) in [4.78, 5) is 10.8. The molecule has 1 aromatic rings. The second-order valence-corrected chi connectivity index (χ2v) is 3.45. The minimum atomic E-state index is 0.572. The summed E-state index contributed by atoms with van der Waals surface area (Å²) >= 11 is 6.10. The lowest BCUT2D eigenvalue weighted by Gasteiger charge is -2.03. The van der Waals surface area contributed by atoms with Crippen LogP contribution in [0.25, 0.3) is 5.03 Å². The van der Waals surface area contributed by atoms with Gasteiger partial charge in [-0.2, -0.15) is 0 Å². The van der Waals surface area contributed by atoms with Crippen molar-refractivity contribution in [2.24, 2.45) is 0 Å². The molecule has 74 valence electrons. The number of allylic oxidation sites excluding steroid dienone is 1. The third-order valence-corrected chi connectivity index (χ3v) is 2.43. The minimum Gasteiger partial charge on any atom is -0.298 e. The predicted molar refractivity (Wildman–Crippen MR) is 60.2 cm³/mol. The molecule has 0 saturated heterocycles. The smallest absolute Gasteiger partial charge is 0.147 e. The van der Waals surface area contributed by atoms with Crippen LogP contribution in [-0.4, -0.2) is 6.29 Å². The molecule has 0 atom stereocenters. The fourth-order valence-corrected chi connectivity index (χ4v) is 1.52. The van der Waals surface area contributed by atoms with Crippen molar-refractivity contribution in [2.75, 3.05) is 0 Å². The Hall–Kier alpha value is -1.08. The predicted octanol–water partition coefficient (Wildman–Crippen LogP) is 3.64. The lowest BCUT2D eigenvalue weighted by atomic mass is 10.1. The van der Waals surface area contributed by atoms with E-state index in [4.69, 9.17) is 11.6 Å². The Bertz CT molecular complexity index is 327. The van der Waals surface area contributed by atoms with E-state index in [-0.39, 0.29) is 0 Å². The third kappa shape index (κ3) is 2.71. The van der Waals surface area contributed by atoms with Gasteiger partial charge in [0.05, 0.1) is 5.03 Å². The number of benzene rings is 1. The Balaban J connectivity index is 3.01. The van der Waals surface area contributed by atoms with Crippen LogP contribution in [0.2, 0.25) is 0 Å². The molecule has 0 fully saturated rings. The standard InChI is InChI=1S/C12H13ClO/c1-2-6-11(9-14)12(13)10-7-4-3-5-8-10/h3-5,7-9H,2,6H2,1H3. The lowest BCUT2D eigenvalue weighted by molar-refractivity contribution is -0.105. The molecule has 0 unspecified atom stereocenters. The quantitative estimate of drug-likeness (QED) is 0.546. The summed E-state index contributed by atoms with van der Waals surface area (Å²) in [5.74, 6) is 0. The summed E-state index contributed by atoms with van der Waals surface area (Å²) in [6.45, 7) is 2.03. The fraction of sp³-hybridized carbons (Fsp3) is 0.250. The van der Waals surface area contributed by atoms with Crippen molar-refractivity contribution in [2.45, 2.75) is 19.8 Å². The maximum absolute atomic E-state index is 10.8. The van der Waals surface area contributed by atoms with E-state index in [1.54, 1.807) is 0 Å².